The van der Waals surface area contributed by atoms with E-state index in [0.29, 0.717) is 35.4 Å². The average molecular weight is 486 g/mol. The number of halogens is 3. The molecule has 186 valence electrons. The van der Waals surface area contributed by atoms with Gasteiger partial charge in [-0.3, -0.25) is 0 Å². The van der Waals surface area contributed by atoms with Crippen LogP contribution in [0, 0.1) is 11.3 Å². The Morgan fingerprint density at radius 2 is 1.77 bits per heavy atom. The van der Waals surface area contributed by atoms with Gasteiger partial charge in [0, 0.05) is 30.6 Å². The third-order valence-electron chi connectivity index (χ3n) is 7.38. The number of fused-ring (bicyclic) bond motifs is 1. The first-order chi connectivity index (χ1) is 16.9. The molecule has 1 unspecified atom stereocenters. The van der Waals surface area contributed by atoms with Crippen molar-refractivity contribution in [3.05, 3.63) is 54.1 Å². The summed E-state index contributed by atoms with van der Waals surface area (Å²) in [6, 6.07) is 14.7. The maximum Gasteiger partial charge on any atom is 0.573 e. The lowest BCUT2D eigenvalue weighted by Crippen LogP contribution is -2.29. The lowest BCUT2D eigenvalue weighted by Gasteiger charge is -2.30. The van der Waals surface area contributed by atoms with Gasteiger partial charge in [0.15, 0.2) is 0 Å². The summed E-state index contributed by atoms with van der Waals surface area (Å²) in [6.07, 6.45) is 0.919. The van der Waals surface area contributed by atoms with Gasteiger partial charge in [0.1, 0.15) is 11.6 Å². The van der Waals surface area contributed by atoms with E-state index in [4.69, 9.17) is 4.98 Å². The maximum atomic E-state index is 12.6. The minimum Gasteiger partial charge on any atom is -0.405 e. The molecule has 35 heavy (non-hydrogen) atoms. The van der Waals surface area contributed by atoms with E-state index in [9.17, 15) is 13.2 Å². The van der Waals surface area contributed by atoms with Gasteiger partial charge in [-0.15, -0.1) is 13.2 Å². The van der Waals surface area contributed by atoms with Crippen molar-refractivity contribution in [3.8, 4) is 5.75 Å². The number of alkyl halides is 3. The SMILES string of the molecule is CNc1nc(NC2CC23CCC(CNCc2ccccc2OC(F)(F)F)CC3)nc2ccccc12. The zero-order chi connectivity index (χ0) is 24.5. The van der Waals surface area contributed by atoms with Crippen molar-refractivity contribution < 1.29 is 17.9 Å². The number of para-hydroxylation sites is 2. The molecule has 0 amide bonds. The number of ether oxygens (including phenoxy) is 1. The summed E-state index contributed by atoms with van der Waals surface area (Å²) < 4.78 is 42.0. The third kappa shape index (κ3) is 5.45. The van der Waals surface area contributed by atoms with Crippen LogP contribution >= 0.6 is 0 Å². The molecule has 5 rings (SSSR count). The van der Waals surface area contributed by atoms with E-state index >= 15 is 0 Å². The fourth-order valence-electron chi connectivity index (χ4n) is 5.33. The van der Waals surface area contributed by atoms with Crippen LogP contribution in [0.3, 0.4) is 0 Å². The molecule has 1 atom stereocenters. The van der Waals surface area contributed by atoms with Gasteiger partial charge >= 0.3 is 6.36 Å². The number of nitrogens with zero attached hydrogens (tertiary/aromatic N) is 2. The van der Waals surface area contributed by atoms with Crippen LogP contribution in [-0.2, 0) is 6.54 Å². The van der Waals surface area contributed by atoms with Crippen LogP contribution in [0.4, 0.5) is 24.9 Å². The quantitative estimate of drug-likeness (QED) is 0.379. The Balaban J connectivity index is 1.11. The van der Waals surface area contributed by atoms with Crippen LogP contribution in [0.5, 0.6) is 5.75 Å². The number of rotatable bonds is 8. The Hall–Kier alpha value is -3.07. The van der Waals surface area contributed by atoms with Gasteiger partial charge in [-0.2, -0.15) is 4.98 Å². The molecular weight excluding hydrogens is 455 g/mol. The molecule has 2 aromatic carbocycles. The lowest BCUT2D eigenvalue weighted by molar-refractivity contribution is -0.274. The summed E-state index contributed by atoms with van der Waals surface area (Å²) in [7, 11) is 1.87. The van der Waals surface area contributed by atoms with Crippen LogP contribution in [0.25, 0.3) is 10.9 Å². The van der Waals surface area contributed by atoms with Gasteiger partial charge in [0.05, 0.1) is 5.52 Å². The summed E-state index contributed by atoms with van der Waals surface area (Å²) in [5.74, 6) is 1.87. The minimum atomic E-state index is -4.69. The van der Waals surface area contributed by atoms with E-state index < -0.39 is 6.36 Å². The van der Waals surface area contributed by atoms with Gasteiger partial charge in [-0.1, -0.05) is 30.3 Å². The third-order valence-corrected chi connectivity index (χ3v) is 7.38. The highest BCUT2D eigenvalue weighted by Gasteiger charge is 2.55. The van der Waals surface area contributed by atoms with E-state index in [1.54, 1.807) is 18.2 Å². The van der Waals surface area contributed by atoms with Crippen LogP contribution in [-0.4, -0.2) is 36.0 Å². The second-order valence-corrected chi connectivity index (χ2v) is 9.66. The largest absolute Gasteiger partial charge is 0.573 e. The number of hydrogen-bond donors (Lipinski definition) is 3. The van der Waals surface area contributed by atoms with E-state index in [1.165, 1.54) is 6.07 Å². The molecule has 6 nitrogen and oxygen atoms in total. The summed E-state index contributed by atoms with van der Waals surface area (Å²) >= 11 is 0. The van der Waals surface area contributed by atoms with Crippen LogP contribution in [0.15, 0.2) is 48.5 Å². The predicted octanol–water partition coefficient (Wildman–Crippen LogP) is 5.72. The number of aromatic nitrogens is 2. The molecule has 2 saturated carbocycles. The molecule has 3 aromatic rings. The van der Waals surface area contributed by atoms with Crippen molar-refractivity contribution in [3.63, 3.8) is 0 Å². The van der Waals surface area contributed by atoms with Crippen LogP contribution < -0.4 is 20.7 Å². The van der Waals surface area contributed by atoms with E-state index in [-0.39, 0.29) is 5.75 Å². The summed E-state index contributed by atoms with van der Waals surface area (Å²) in [4.78, 5) is 9.37. The molecule has 2 aliphatic carbocycles. The second kappa shape index (κ2) is 9.53. The van der Waals surface area contributed by atoms with Gasteiger partial charge in [-0.25, -0.2) is 4.98 Å². The first kappa shape index (κ1) is 23.7. The fraction of sp³-hybridized carbons (Fsp3) is 0.462. The zero-order valence-electron chi connectivity index (χ0n) is 19.7. The molecule has 1 spiro atoms. The predicted molar refractivity (Wildman–Crippen MR) is 130 cm³/mol. The number of hydrogen-bond acceptors (Lipinski definition) is 6. The monoisotopic (exact) mass is 485 g/mol. The molecule has 0 radical (unpaired) electrons. The maximum absolute atomic E-state index is 12.6. The standard InChI is InChI=1S/C26H30F3N5O/c1-30-23-19-7-3-4-8-20(19)32-24(34-23)33-22-14-25(22)12-10-17(11-13-25)15-31-16-18-6-2-5-9-21(18)35-26(27,28)29/h2-9,17,22,31H,10-16H2,1H3,(H2,30,32,33,34). The van der Waals surface area contributed by atoms with Gasteiger partial charge in [-0.05, 0) is 68.2 Å². The fourth-order valence-corrected chi connectivity index (χ4v) is 5.33. The highest BCUT2D eigenvalue weighted by molar-refractivity contribution is 5.89. The number of nitrogens with one attached hydrogen (secondary N) is 3. The molecule has 0 aliphatic heterocycles. The van der Waals surface area contributed by atoms with Crippen molar-refractivity contribution in [2.45, 2.75) is 51.1 Å². The number of benzene rings is 2. The summed E-state index contributed by atoms with van der Waals surface area (Å²) in [5, 5.41) is 11.1. The number of anilines is 2. The van der Waals surface area contributed by atoms with Crippen LogP contribution in [0.2, 0.25) is 0 Å². The topological polar surface area (TPSA) is 71.1 Å². The van der Waals surface area contributed by atoms with E-state index in [0.717, 1.165) is 55.4 Å². The molecule has 2 fully saturated rings. The Bertz CT molecular complexity index is 1180. The van der Waals surface area contributed by atoms with Crippen LogP contribution in [0.1, 0.15) is 37.7 Å². The van der Waals surface area contributed by atoms with Crippen molar-refractivity contribution in [2.24, 2.45) is 11.3 Å². The molecule has 0 bridgehead atoms. The summed E-state index contributed by atoms with van der Waals surface area (Å²) in [6.45, 7) is 1.14. The van der Waals surface area contributed by atoms with Gasteiger partial charge in [0.25, 0.3) is 0 Å². The van der Waals surface area contributed by atoms with Gasteiger partial charge < -0.3 is 20.7 Å². The highest BCUT2D eigenvalue weighted by atomic mass is 19.4. The van der Waals surface area contributed by atoms with E-state index in [2.05, 4.69) is 25.7 Å². The van der Waals surface area contributed by atoms with Crippen molar-refractivity contribution in [2.75, 3.05) is 24.2 Å². The normalized spacial score (nSPS) is 23.9. The van der Waals surface area contributed by atoms with Crippen molar-refractivity contribution in [1.29, 1.82) is 0 Å². The Morgan fingerprint density at radius 1 is 1.03 bits per heavy atom. The Labute approximate surface area is 202 Å². The first-order valence-corrected chi connectivity index (χ1v) is 12.1. The van der Waals surface area contributed by atoms with Crippen molar-refractivity contribution >= 4 is 22.7 Å². The van der Waals surface area contributed by atoms with Crippen molar-refractivity contribution in [1.82, 2.24) is 15.3 Å². The minimum absolute atomic E-state index is 0.140. The zero-order valence-corrected chi connectivity index (χ0v) is 19.7. The van der Waals surface area contributed by atoms with E-state index in [1.807, 2.05) is 31.3 Å². The molecule has 9 heteroatoms. The molecule has 1 heterocycles. The average Bonchev–Trinajstić information content (AvgIpc) is 3.50. The molecule has 1 aromatic heterocycles. The Morgan fingerprint density at radius 3 is 2.54 bits per heavy atom. The first-order valence-electron chi connectivity index (χ1n) is 12.1. The van der Waals surface area contributed by atoms with Gasteiger partial charge in [0.2, 0.25) is 5.95 Å². The second-order valence-electron chi connectivity index (χ2n) is 9.66. The Kier molecular flexibility index (Phi) is 6.44. The highest BCUT2D eigenvalue weighted by Crippen LogP contribution is 2.58. The molecular formula is C26H30F3N5O. The molecule has 3 N–H and O–H groups in total. The molecule has 2 aliphatic rings. The molecule has 0 saturated heterocycles. The lowest BCUT2D eigenvalue weighted by atomic mass is 9.79. The summed E-state index contributed by atoms with van der Waals surface area (Å²) in [5.41, 5.74) is 1.74. The smallest absolute Gasteiger partial charge is 0.405 e.